The van der Waals surface area contributed by atoms with Crippen LogP contribution in [0.4, 0.5) is 0 Å². The molecule has 0 aliphatic carbocycles. The van der Waals surface area contributed by atoms with Gasteiger partial charge >= 0.3 is 0 Å². The van der Waals surface area contributed by atoms with Crippen molar-refractivity contribution in [1.29, 1.82) is 0 Å². The standard InChI is InChI=1S/C31H33ClN8O5/c1-17(41)29-24-9-19(20-12-33-18(2)34-13-20)3-4-26(24)40(37-29)16-28(43)39-15-23(42)11-27(39)30(44)36-22-5-7-38(8-6-22)31(45)25-10-21(32)14-35-25/h3-4,9-10,12-14,22-23,27,35,42H,5-8,11,15-16H2,1-2H3,(H,36,44)/t23-,27+/m1/s1. The average Bonchev–Trinajstić information content (AvgIpc) is 3.74. The Morgan fingerprint density at radius 3 is 2.49 bits per heavy atom. The van der Waals surface area contributed by atoms with Crippen molar-refractivity contribution in [3.63, 3.8) is 0 Å². The quantitative estimate of drug-likeness (QED) is 0.261. The zero-order chi connectivity index (χ0) is 31.8. The second kappa shape index (κ2) is 12.4. The number of likely N-dealkylation sites (tertiary alicyclic amines) is 2. The van der Waals surface area contributed by atoms with Gasteiger partial charge in [-0.05, 0) is 43.5 Å². The number of amides is 3. The lowest BCUT2D eigenvalue weighted by atomic mass is 10.0. The van der Waals surface area contributed by atoms with Gasteiger partial charge in [0, 0.05) is 68.6 Å². The minimum absolute atomic E-state index is 0.0128. The van der Waals surface area contributed by atoms with Gasteiger partial charge in [-0.3, -0.25) is 23.9 Å². The van der Waals surface area contributed by atoms with E-state index in [4.69, 9.17) is 11.6 Å². The van der Waals surface area contributed by atoms with Crippen molar-refractivity contribution in [3.8, 4) is 11.1 Å². The van der Waals surface area contributed by atoms with Gasteiger partial charge in [0.2, 0.25) is 11.8 Å². The monoisotopic (exact) mass is 632 g/mol. The number of piperidine rings is 1. The van der Waals surface area contributed by atoms with Gasteiger partial charge in [-0.1, -0.05) is 17.7 Å². The van der Waals surface area contributed by atoms with Crippen LogP contribution in [-0.2, 0) is 16.1 Å². The fourth-order valence-corrected chi connectivity index (χ4v) is 6.19. The van der Waals surface area contributed by atoms with E-state index in [-0.39, 0.29) is 48.8 Å². The average molecular weight is 633 g/mol. The summed E-state index contributed by atoms with van der Waals surface area (Å²) in [7, 11) is 0. The Balaban J connectivity index is 1.13. The van der Waals surface area contributed by atoms with E-state index in [0.717, 1.165) is 11.1 Å². The second-order valence-electron chi connectivity index (χ2n) is 11.6. The van der Waals surface area contributed by atoms with Crippen LogP contribution >= 0.6 is 11.6 Å². The van der Waals surface area contributed by atoms with Gasteiger partial charge in [0.1, 0.15) is 29.8 Å². The van der Waals surface area contributed by atoms with Gasteiger partial charge in [0.15, 0.2) is 5.78 Å². The highest BCUT2D eigenvalue weighted by Crippen LogP contribution is 2.28. The van der Waals surface area contributed by atoms with Crippen molar-refractivity contribution < 1.29 is 24.3 Å². The number of benzene rings is 1. The summed E-state index contributed by atoms with van der Waals surface area (Å²) in [5, 5.41) is 19.0. The summed E-state index contributed by atoms with van der Waals surface area (Å²) >= 11 is 5.93. The molecule has 2 saturated heterocycles. The first-order valence-corrected chi connectivity index (χ1v) is 15.2. The Morgan fingerprint density at radius 2 is 1.82 bits per heavy atom. The first kappa shape index (κ1) is 30.4. The van der Waals surface area contributed by atoms with Gasteiger partial charge in [0.25, 0.3) is 5.91 Å². The van der Waals surface area contributed by atoms with Crippen molar-refractivity contribution in [2.75, 3.05) is 19.6 Å². The Morgan fingerprint density at radius 1 is 1.09 bits per heavy atom. The minimum atomic E-state index is -0.851. The molecule has 4 aromatic rings. The maximum atomic E-state index is 13.6. The Bertz CT molecular complexity index is 1780. The predicted molar refractivity (Wildman–Crippen MR) is 164 cm³/mol. The number of nitrogens with zero attached hydrogens (tertiary/aromatic N) is 6. The van der Waals surface area contributed by atoms with E-state index in [1.54, 1.807) is 42.5 Å². The van der Waals surface area contributed by atoms with Crippen LogP contribution in [0.1, 0.15) is 53.0 Å². The van der Waals surface area contributed by atoms with Crippen LogP contribution in [0.15, 0.2) is 42.9 Å². The number of hydrogen-bond acceptors (Lipinski definition) is 8. The van der Waals surface area contributed by atoms with Crippen LogP contribution in [0, 0.1) is 6.92 Å². The molecular weight excluding hydrogens is 600 g/mol. The third kappa shape index (κ3) is 6.31. The molecule has 3 aromatic heterocycles. The maximum Gasteiger partial charge on any atom is 0.270 e. The molecule has 2 atom stereocenters. The lowest BCUT2D eigenvalue weighted by Gasteiger charge is -2.33. The number of aliphatic hydroxyl groups is 1. The Labute approximate surface area is 263 Å². The van der Waals surface area contributed by atoms with Crippen molar-refractivity contribution in [2.45, 2.75) is 57.8 Å². The first-order chi connectivity index (χ1) is 21.6. The largest absolute Gasteiger partial charge is 0.391 e. The SMILES string of the molecule is CC(=O)c1nn(CC(=O)N2C[C@H](O)C[C@H]2C(=O)NC2CCN(C(=O)c3cc(Cl)c[nH]3)CC2)c2ccc(-c3cnc(C)nc3)cc12. The normalized spacial score (nSPS) is 18.8. The van der Waals surface area contributed by atoms with Crippen molar-refractivity contribution >= 4 is 46.0 Å². The second-order valence-corrected chi connectivity index (χ2v) is 12.0. The summed E-state index contributed by atoms with van der Waals surface area (Å²) in [5.41, 5.74) is 2.82. The fourth-order valence-electron chi connectivity index (χ4n) is 6.02. The fraction of sp³-hybridized carbons (Fsp3) is 0.387. The molecule has 45 heavy (non-hydrogen) atoms. The maximum absolute atomic E-state index is 13.6. The van der Waals surface area contributed by atoms with E-state index >= 15 is 0 Å². The van der Waals surface area contributed by atoms with Crippen molar-refractivity contribution in [1.82, 2.24) is 39.8 Å². The van der Waals surface area contributed by atoms with Crippen LogP contribution in [0.5, 0.6) is 0 Å². The summed E-state index contributed by atoms with van der Waals surface area (Å²) < 4.78 is 1.47. The predicted octanol–water partition coefficient (Wildman–Crippen LogP) is 2.37. The number of aromatic nitrogens is 5. The van der Waals surface area contributed by atoms with Gasteiger partial charge in [-0.25, -0.2) is 9.97 Å². The molecule has 0 unspecified atom stereocenters. The number of rotatable bonds is 7. The molecule has 234 valence electrons. The number of halogens is 1. The smallest absolute Gasteiger partial charge is 0.270 e. The lowest BCUT2D eigenvalue weighted by Crippen LogP contribution is -2.52. The summed E-state index contributed by atoms with van der Waals surface area (Å²) in [6, 6.07) is 6.03. The number of nitrogens with one attached hydrogen (secondary N) is 2. The van der Waals surface area contributed by atoms with E-state index in [1.807, 2.05) is 12.1 Å². The number of carbonyl (C=O) groups is 4. The van der Waals surface area contributed by atoms with Crippen LogP contribution in [0.25, 0.3) is 22.0 Å². The lowest BCUT2D eigenvalue weighted by molar-refractivity contribution is -0.139. The molecule has 0 saturated carbocycles. The Hall–Kier alpha value is -4.62. The molecule has 3 N–H and O–H groups in total. The number of aryl methyl sites for hydroxylation is 1. The van der Waals surface area contributed by atoms with Crippen molar-refractivity contribution in [2.24, 2.45) is 0 Å². The summed E-state index contributed by atoms with van der Waals surface area (Å²) in [5.74, 6) is -0.498. The molecule has 2 aliphatic rings. The van der Waals surface area contributed by atoms with Gasteiger partial charge < -0.3 is 25.2 Å². The zero-order valence-corrected chi connectivity index (χ0v) is 25.6. The number of hydrogen-bond donors (Lipinski definition) is 3. The number of β-amino-alcohol motifs (C(OH)–C–C–N with tert-alkyl or cyclic N) is 1. The van der Waals surface area contributed by atoms with Gasteiger partial charge in [0.05, 0.1) is 16.6 Å². The van der Waals surface area contributed by atoms with E-state index in [0.29, 0.717) is 53.4 Å². The van der Waals surface area contributed by atoms with E-state index in [2.05, 4.69) is 25.4 Å². The molecule has 0 spiro atoms. The number of H-pyrrole nitrogens is 1. The molecule has 3 amide bonds. The van der Waals surface area contributed by atoms with Crippen LogP contribution in [0.3, 0.4) is 0 Å². The molecular formula is C31H33ClN8O5. The van der Waals surface area contributed by atoms with E-state index < -0.39 is 18.1 Å². The highest BCUT2D eigenvalue weighted by Gasteiger charge is 2.40. The third-order valence-electron chi connectivity index (χ3n) is 8.39. The molecule has 1 aromatic carbocycles. The minimum Gasteiger partial charge on any atom is -0.391 e. The molecule has 6 rings (SSSR count). The van der Waals surface area contributed by atoms with E-state index in [1.165, 1.54) is 16.5 Å². The molecule has 0 radical (unpaired) electrons. The number of aromatic amines is 1. The molecule has 13 nitrogen and oxygen atoms in total. The number of ketones is 1. The van der Waals surface area contributed by atoms with Gasteiger partial charge in [-0.15, -0.1) is 0 Å². The molecule has 2 aliphatic heterocycles. The van der Waals surface area contributed by atoms with Gasteiger partial charge in [-0.2, -0.15) is 5.10 Å². The number of fused-ring (bicyclic) bond motifs is 1. The highest BCUT2D eigenvalue weighted by atomic mass is 35.5. The van der Waals surface area contributed by atoms with Crippen LogP contribution < -0.4 is 5.32 Å². The summed E-state index contributed by atoms with van der Waals surface area (Å²) in [4.78, 5) is 66.6. The van der Waals surface area contributed by atoms with Crippen molar-refractivity contribution in [3.05, 3.63) is 65.1 Å². The summed E-state index contributed by atoms with van der Waals surface area (Å²) in [6.45, 7) is 3.93. The van der Waals surface area contributed by atoms with Crippen LogP contribution in [0.2, 0.25) is 5.02 Å². The highest BCUT2D eigenvalue weighted by molar-refractivity contribution is 6.31. The van der Waals surface area contributed by atoms with Crippen LogP contribution in [-0.4, -0.2) is 101 Å². The Kier molecular flexibility index (Phi) is 8.38. The number of carbonyl (C=O) groups excluding carboxylic acids is 4. The van der Waals surface area contributed by atoms with E-state index in [9.17, 15) is 24.3 Å². The molecule has 14 heteroatoms. The third-order valence-corrected chi connectivity index (χ3v) is 8.61. The zero-order valence-electron chi connectivity index (χ0n) is 24.9. The number of Topliss-reactive ketones (excluding diaryl/α,β-unsaturated/α-hetero) is 1. The topological polar surface area (TPSA) is 166 Å². The summed E-state index contributed by atoms with van der Waals surface area (Å²) in [6.07, 6.45) is 5.34. The first-order valence-electron chi connectivity index (χ1n) is 14.8. The number of aliphatic hydroxyl groups excluding tert-OH is 1. The molecule has 0 bridgehead atoms. The molecule has 2 fully saturated rings. The molecule has 5 heterocycles.